The highest BCUT2D eigenvalue weighted by molar-refractivity contribution is 5.75. The van der Waals surface area contributed by atoms with E-state index in [1.807, 2.05) is 0 Å². The standard InChI is InChI=1S/C4H9.Al.3H/c1-3-4-2;;;;/h3H,4H2,1-2H3;;;;. The van der Waals surface area contributed by atoms with Crippen molar-refractivity contribution in [3.05, 3.63) is 6.42 Å². The topological polar surface area (TPSA) is 0 Å². The van der Waals surface area contributed by atoms with Gasteiger partial charge in [-0.2, -0.15) is 0 Å². The molecule has 0 bridgehead atoms. The van der Waals surface area contributed by atoms with Gasteiger partial charge in [-0.15, -0.1) is 0 Å². The smallest absolute Gasteiger partial charge is 0.0651 e. The molecule has 0 atom stereocenters. The lowest BCUT2D eigenvalue weighted by molar-refractivity contribution is 1.10. The molecule has 0 aromatic carbocycles. The van der Waals surface area contributed by atoms with Crippen LogP contribution in [0.1, 0.15) is 20.3 Å². The van der Waals surface area contributed by atoms with Crippen molar-refractivity contribution < 1.29 is 0 Å². The fraction of sp³-hybridized carbons (Fsp3) is 0.750. The second kappa shape index (κ2) is 8.82. The summed E-state index contributed by atoms with van der Waals surface area (Å²) >= 11 is 0. The Morgan fingerprint density at radius 3 is 1.80 bits per heavy atom. The highest BCUT2D eigenvalue weighted by Crippen LogP contribution is 1.74. The molecule has 0 heterocycles. The fourth-order valence-corrected chi connectivity index (χ4v) is 0. The summed E-state index contributed by atoms with van der Waals surface area (Å²) in [5.74, 6) is 0. The van der Waals surface area contributed by atoms with E-state index in [-0.39, 0.29) is 17.4 Å². The Balaban J connectivity index is 0. The summed E-state index contributed by atoms with van der Waals surface area (Å²) in [5, 5.41) is 0. The summed E-state index contributed by atoms with van der Waals surface area (Å²) in [6, 6.07) is 0. The Kier molecular flexibility index (Phi) is 16.1. The van der Waals surface area contributed by atoms with E-state index in [9.17, 15) is 0 Å². The van der Waals surface area contributed by atoms with Crippen molar-refractivity contribution in [3.63, 3.8) is 0 Å². The van der Waals surface area contributed by atoms with Gasteiger partial charge in [0.15, 0.2) is 17.4 Å². The zero-order valence-corrected chi connectivity index (χ0v) is 3.28. The SMILES string of the molecule is C[CH]CC.[AlH3]. The minimum atomic E-state index is 0. The second-order valence-corrected chi connectivity index (χ2v) is 0.816. The van der Waals surface area contributed by atoms with Gasteiger partial charge < -0.3 is 0 Å². The van der Waals surface area contributed by atoms with E-state index in [2.05, 4.69) is 20.3 Å². The number of unbranched alkanes of at least 4 members (excludes halogenated alkanes) is 1. The van der Waals surface area contributed by atoms with Crippen LogP contribution >= 0.6 is 0 Å². The normalized spacial score (nSPS) is 6.00. The van der Waals surface area contributed by atoms with Crippen LogP contribution < -0.4 is 0 Å². The van der Waals surface area contributed by atoms with Gasteiger partial charge in [-0.25, -0.2) is 0 Å². The van der Waals surface area contributed by atoms with Crippen LogP contribution in [-0.2, 0) is 0 Å². The van der Waals surface area contributed by atoms with Crippen LogP contribution in [0.3, 0.4) is 0 Å². The van der Waals surface area contributed by atoms with Crippen LogP contribution in [0.25, 0.3) is 0 Å². The lowest BCUT2D eigenvalue weighted by Crippen LogP contribution is -1.50. The van der Waals surface area contributed by atoms with E-state index in [0.29, 0.717) is 0 Å². The minimum Gasteiger partial charge on any atom is -0.0651 e. The molecule has 0 unspecified atom stereocenters. The van der Waals surface area contributed by atoms with Crippen LogP contribution in [0.2, 0.25) is 0 Å². The Bertz CT molecular complexity index is 5.61. The van der Waals surface area contributed by atoms with Gasteiger partial charge >= 0.3 is 0 Å². The monoisotopic (exact) mass is 87.1 g/mol. The summed E-state index contributed by atoms with van der Waals surface area (Å²) < 4.78 is 0. The van der Waals surface area contributed by atoms with E-state index < -0.39 is 0 Å². The summed E-state index contributed by atoms with van der Waals surface area (Å²) in [5.41, 5.74) is 0. The molecule has 0 fully saturated rings. The average molecular weight is 87.1 g/mol. The second-order valence-electron chi connectivity index (χ2n) is 0.816. The summed E-state index contributed by atoms with van der Waals surface area (Å²) in [6.45, 7) is 4.18. The summed E-state index contributed by atoms with van der Waals surface area (Å²) in [6.07, 6.45) is 3.32. The van der Waals surface area contributed by atoms with Gasteiger partial charge in [-0.05, 0) is 6.42 Å². The molecule has 0 saturated heterocycles. The molecule has 0 aromatic heterocycles. The maximum atomic E-state index is 2.12. The first-order valence-electron chi connectivity index (χ1n) is 1.69. The Morgan fingerprint density at radius 2 is 1.80 bits per heavy atom. The van der Waals surface area contributed by atoms with Gasteiger partial charge in [-0.3, -0.25) is 0 Å². The molecule has 0 saturated carbocycles. The molecule has 0 spiro atoms. The van der Waals surface area contributed by atoms with E-state index in [0.717, 1.165) is 0 Å². The third-order valence-electron chi connectivity index (χ3n) is 0.408. The number of hydrogen-bond acceptors (Lipinski definition) is 0. The van der Waals surface area contributed by atoms with Crippen molar-refractivity contribution in [1.29, 1.82) is 0 Å². The molecule has 1 heteroatoms. The first kappa shape index (κ1) is 9.11. The molecular formula is C4H12Al. The predicted octanol–water partition coefficient (Wildman–Crippen LogP) is 0.437. The van der Waals surface area contributed by atoms with Gasteiger partial charge in [0.2, 0.25) is 0 Å². The molecule has 0 nitrogen and oxygen atoms in total. The first-order chi connectivity index (χ1) is 1.91. The van der Waals surface area contributed by atoms with Crippen LogP contribution in [0.5, 0.6) is 0 Å². The van der Waals surface area contributed by atoms with Gasteiger partial charge in [0.05, 0.1) is 0 Å². The summed E-state index contributed by atoms with van der Waals surface area (Å²) in [7, 11) is 0. The van der Waals surface area contributed by atoms with Crippen molar-refractivity contribution in [3.8, 4) is 0 Å². The molecule has 5 heavy (non-hydrogen) atoms. The fourth-order valence-electron chi connectivity index (χ4n) is 0. The Labute approximate surface area is 44.7 Å². The molecule has 0 N–H and O–H groups in total. The van der Waals surface area contributed by atoms with Crippen LogP contribution in [0.4, 0.5) is 0 Å². The van der Waals surface area contributed by atoms with Gasteiger partial charge in [0.1, 0.15) is 0 Å². The van der Waals surface area contributed by atoms with Crippen molar-refractivity contribution in [2.75, 3.05) is 0 Å². The highest BCUT2D eigenvalue weighted by Gasteiger charge is 1.57. The average Bonchev–Trinajstić information content (AvgIpc) is 1.37. The number of hydrogen-bond donors (Lipinski definition) is 0. The summed E-state index contributed by atoms with van der Waals surface area (Å²) in [4.78, 5) is 0. The van der Waals surface area contributed by atoms with E-state index in [1.165, 1.54) is 6.42 Å². The lowest BCUT2D eigenvalue weighted by atomic mass is 10.4. The van der Waals surface area contributed by atoms with Gasteiger partial charge in [-0.1, -0.05) is 20.3 Å². The molecule has 0 aliphatic heterocycles. The van der Waals surface area contributed by atoms with Crippen molar-refractivity contribution in [2.45, 2.75) is 20.3 Å². The van der Waals surface area contributed by atoms with Gasteiger partial charge in [0, 0.05) is 0 Å². The quantitative estimate of drug-likeness (QED) is 0.407. The van der Waals surface area contributed by atoms with Crippen LogP contribution in [0.15, 0.2) is 0 Å². The molecule has 1 radical (unpaired) electrons. The zero-order chi connectivity index (χ0) is 3.41. The maximum absolute atomic E-state index is 2.12. The van der Waals surface area contributed by atoms with E-state index >= 15 is 0 Å². The van der Waals surface area contributed by atoms with Gasteiger partial charge in [0.25, 0.3) is 0 Å². The number of rotatable bonds is 1. The van der Waals surface area contributed by atoms with Crippen molar-refractivity contribution in [1.82, 2.24) is 0 Å². The molecule has 0 aliphatic rings. The Hall–Kier alpha value is 0.532. The first-order valence-corrected chi connectivity index (χ1v) is 1.69. The Morgan fingerprint density at radius 1 is 1.60 bits per heavy atom. The molecule has 31 valence electrons. The molecule has 0 amide bonds. The van der Waals surface area contributed by atoms with Crippen LogP contribution in [-0.4, -0.2) is 17.4 Å². The highest BCUT2D eigenvalue weighted by atomic mass is 27.0. The minimum absolute atomic E-state index is 0. The van der Waals surface area contributed by atoms with Crippen molar-refractivity contribution >= 4 is 17.4 Å². The third-order valence-corrected chi connectivity index (χ3v) is 0.408. The van der Waals surface area contributed by atoms with E-state index in [4.69, 9.17) is 0 Å². The predicted molar refractivity (Wildman–Crippen MR) is 30.2 cm³/mol. The largest absolute Gasteiger partial charge is 0.187 e. The lowest BCUT2D eigenvalue weighted by Gasteiger charge is -1.67. The van der Waals surface area contributed by atoms with Crippen molar-refractivity contribution in [2.24, 2.45) is 0 Å². The van der Waals surface area contributed by atoms with E-state index in [1.54, 1.807) is 0 Å². The molecule has 0 rings (SSSR count). The maximum Gasteiger partial charge on any atom is 0.187 e. The zero-order valence-electron chi connectivity index (χ0n) is 3.28. The van der Waals surface area contributed by atoms with Crippen LogP contribution in [0, 0.1) is 6.42 Å². The molecule has 0 aromatic rings. The third kappa shape index (κ3) is 12.4. The molecule has 0 aliphatic carbocycles. The molecular weight excluding hydrogens is 75.0 g/mol.